The van der Waals surface area contributed by atoms with Gasteiger partial charge in [-0.1, -0.05) is 18.2 Å². The van der Waals surface area contributed by atoms with Gasteiger partial charge in [-0.25, -0.2) is 18.1 Å². The summed E-state index contributed by atoms with van der Waals surface area (Å²) in [5, 5.41) is 19.1. The van der Waals surface area contributed by atoms with Crippen LogP contribution in [0.3, 0.4) is 0 Å². The van der Waals surface area contributed by atoms with E-state index in [0.717, 1.165) is 45.0 Å². The lowest BCUT2D eigenvalue weighted by molar-refractivity contribution is -0.134. The highest BCUT2D eigenvalue weighted by atomic mass is 32.2. The standard InChI is InChI=1S/C25H25N3O5S2/c1-15(2)33-22-9-7-16(10-18(22)11-26)25-27-13-23(34-25)21-5-3-4-19-17(6-8-20(19)21)12-28-35(31,32)14-24(29)30/h3-5,7,9-10,13,15,17,28H,6,8,12,14H2,1-2H3,(H,29,30). The van der Waals surface area contributed by atoms with E-state index in [0.29, 0.717) is 11.3 Å². The summed E-state index contributed by atoms with van der Waals surface area (Å²) in [6.45, 7) is 3.99. The monoisotopic (exact) mass is 511 g/mol. The van der Waals surface area contributed by atoms with Crippen molar-refractivity contribution in [2.75, 3.05) is 12.3 Å². The molecule has 1 atom stereocenters. The number of thiazole rings is 1. The molecule has 1 aliphatic carbocycles. The van der Waals surface area contributed by atoms with Gasteiger partial charge in [0.2, 0.25) is 10.0 Å². The van der Waals surface area contributed by atoms with E-state index in [1.54, 1.807) is 12.1 Å². The van der Waals surface area contributed by atoms with E-state index in [9.17, 15) is 18.5 Å². The van der Waals surface area contributed by atoms with Gasteiger partial charge in [-0.2, -0.15) is 5.26 Å². The Labute approximate surface area is 208 Å². The number of ether oxygens (including phenoxy) is 1. The highest BCUT2D eigenvalue weighted by Gasteiger charge is 2.27. The zero-order valence-corrected chi connectivity index (χ0v) is 20.9. The summed E-state index contributed by atoms with van der Waals surface area (Å²) in [6.07, 6.45) is 3.36. The molecular formula is C25H25N3O5S2. The molecule has 0 fully saturated rings. The molecule has 8 nitrogen and oxygen atoms in total. The molecule has 0 saturated heterocycles. The van der Waals surface area contributed by atoms with Crippen molar-refractivity contribution in [3.05, 3.63) is 59.3 Å². The Morgan fingerprint density at radius 1 is 1.34 bits per heavy atom. The molecule has 0 saturated carbocycles. The number of carbonyl (C=O) groups is 1. The van der Waals surface area contributed by atoms with E-state index in [1.807, 2.05) is 44.3 Å². The average molecular weight is 512 g/mol. The second kappa shape index (κ2) is 10.2. The summed E-state index contributed by atoms with van der Waals surface area (Å²) in [7, 11) is -3.87. The fraction of sp³-hybridized carbons (Fsp3) is 0.320. The first-order chi connectivity index (χ1) is 16.7. The van der Waals surface area contributed by atoms with Gasteiger partial charge in [0, 0.05) is 18.3 Å². The van der Waals surface area contributed by atoms with Crippen molar-refractivity contribution in [2.24, 2.45) is 0 Å². The van der Waals surface area contributed by atoms with E-state index in [1.165, 1.54) is 11.3 Å². The molecule has 1 heterocycles. The maximum Gasteiger partial charge on any atom is 0.320 e. The number of carboxylic acids is 1. The lowest BCUT2D eigenvalue weighted by Gasteiger charge is -2.13. The second-order valence-corrected chi connectivity index (χ2v) is 11.5. The summed E-state index contributed by atoms with van der Waals surface area (Å²) < 4.78 is 32.0. The Bertz CT molecular complexity index is 1410. The van der Waals surface area contributed by atoms with Crippen LogP contribution < -0.4 is 9.46 Å². The van der Waals surface area contributed by atoms with Crippen LogP contribution in [0.15, 0.2) is 42.6 Å². The first-order valence-corrected chi connectivity index (χ1v) is 13.6. The molecule has 0 spiro atoms. The molecule has 1 unspecified atom stereocenters. The first kappa shape index (κ1) is 24.9. The predicted molar refractivity (Wildman–Crippen MR) is 134 cm³/mol. The molecule has 35 heavy (non-hydrogen) atoms. The fourth-order valence-electron chi connectivity index (χ4n) is 4.26. The maximum absolute atomic E-state index is 11.9. The molecule has 10 heteroatoms. The van der Waals surface area contributed by atoms with Gasteiger partial charge in [0.25, 0.3) is 0 Å². The van der Waals surface area contributed by atoms with Crippen LogP contribution in [0.1, 0.15) is 42.9 Å². The number of benzene rings is 2. The minimum atomic E-state index is -3.87. The maximum atomic E-state index is 11.9. The molecular weight excluding hydrogens is 486 g/mol. The quantitative estimate of drug-likeness (QED) is 0.441. The Balaban J connectivity index is 1.56. The van der Waals surface area contributed by atoms with Gasteiger partial charge < -0.3 is 9.84 Å². The van der Waals surface area contributed by atoms with Gasteiger partial charge in [-0.15, -0.1) is 11.3 Å². The molecule has 4 rings (SSSR count). The minimum Gasteiger partial charge on any atom is -0.490 e. The van der Waals surface area contributed by atoms with Crippen molar-refractivity contribution in [2.45, 2.75) is 38.7 Å². The summed E-state index contributed by atoms with van der Waals surface area (Å²) in [5.74, 6) is -1.79. The summed E-state index contributed by atoms with van der Waals surface area (Å²) in [5.41, 5.74) is 4.58. The molecule has 0 amide bonds. The molecule has 1 aliphatic rings. The van der Waals surface area contributed by atoms with Gasteiger partial charge in [-0.3, -0.25) is 4.79 Å². The summed E-state index contributed by atoms with van der Waals surface area (Å²) >= 11 is 1.53. The zero-order chi connectivity index (χ0) is 25.2. The van der Waals surface area contributed by atoms with Crippen LogP contribution in [-0.4, -0.2) is 42.9 Å². The number of nitrogens with zero attached hydrogens (tertiary/aromatic N) is 2. The van der Waals surface area contributed by atoms with E-state index < -0.39 is 21.7 Å². The van der Waals surface area contributed by atoms with Crippen molar-refractivity contribution in [3.63, 3.8) is 0 Å². The third-order valence-corrected chi connectivity index (χ3v) is 8.05. The number of aliphatic carboxylic acids is 1. The molecule has 3 aromatic rings. The number of rotatable bonds is 9. The van der Waals surface area contributed by atoms with Crippen molar-refractivity contribution >= 4 is 27.3 Å². The number of carboxylic acid groups (broad SMARTS) is 1. The lowest BCUT2D eigenvalue weighted by atomic mass is 9.98. The Morgan fingerprint density at radius 2 is 2.14 bits per heavy atom. The smallest absolute Gasteiger partial charge is 0.320 e. The number of sulfonamides is 1. The summed E-state index contributed by atoms with van der Waals surface area (Å²) in [6, 6.07) is 13.7. The number of hydrogen-bond donors (Lipinski definition) is 2. The van der Waals surface area contributed by atoms with E-state index in [2.05, 4.69) is 15.8 Å². The van der Waals surface area contributed by atoms with E-state index in [-0.39, 0.29) is 18.6 Å². The van der Waals surface area contributed by atoms with Crippen LogP contribution in [0, 0.1) is 11.3 Å². The Morgan fingerprint density at radius 3 is 2.86 bits per heavy atom. The van der Waals surface area contributed by atoms with Crippen LogP contribution >= 0.6 is 11.3 Å². The van der Waals surface area contributed by atoms with Crippen molar-refractivity contribution in [1.29, 1.82) is 5.26 Å². The van der Waals surface area contributed by atoms with Gasteiger partial charge in [0.1, 0.15) is 16.8 Å². The van der Waals surface area contributed by atoms with Crippen LogP contribution in [0.4, 0.5) is 0 Å². The summed E-state index contributed by atoms with van der Waals surface area (Å²) in [4.78, 5) is 16.3. The van der Waals surface area contributed by atoms with Crippen LogP contribution in [0.25, 0.3) is 21.0 Å². The molecule has 1 aromatic heterocycles. The minimum absolute atomic E-state index is 0.0207. The molecule has 0 radical (unpaired) electrons. The van der Waals surface area contributed by atoms with Gasteiger partial charge in [-0.05, 0) is 67.5 Å². The van der Waals surface area contributed by atoms with Gasteiger partial charge in [0.05, 0.1) is 16.5 Å². The Hall–Kier alpha value is -3.26. The van der Waals surface area contributed by atoms with Crippen molar-refractivity contribution < 1.29 is 23.1 Å². The number of nitrogens with one attached hydrogen (secondary N) is 1. The van der Waals surface area contributed by atoms with Crippen LogP contribution in [0.5, 0.6) is 5.75 Å². The molecule has 0 aliphatic heterocycles. The number of fused-ring (bicyclic) bond motifs is 1. The third-order valence-electron chi connectivity index (χ3n) is 5.74. The van der Waals surface area contributed by atoms with Crippen molar-refractivity contribution in [3.8, 4) is 32.8 Å². The highest BCUT2D eigenvalue weighted by Crippen LogP contribution is 2.42. The SMILES string of the molecule is CC(C)Oc1ccc(-c2ncc(-c3cccc4c3CCC4CNS(=O)(=O)CC(=O)O)s2)cc1C#N. The Kier molecular flexibility index (Phi) is 7.21. The van der Waals surface area contributed by atoms with Crippen LogP contribution in [0.2, 0.25) is 0 Å². The molecule has 2 N–H and O–H groups in total. The third kappa shape index (κ3) is 5.70. The van der Waals surface area contributed by atoms with E-state index >= 15 is 0 Å². The largest absolute Gasteiger partial charge is 0.490 e. The molecule has 2 aromatic carbocycles. The first-order valence-electron chi connectivity index (χ1n) is 11.1. The number of aromatic nitrogens is 1. The average Bonchev–Trinajstić information content (AvgIpc) is 3.44. The molecule has 0 bridgehead atoms. The van der Waals surface area contributed by atoms with Gasteiger partial charge >= 0.3 is 5.97 Å². The van der Waals surface area contributed by atoms with Crippen molar-refractivity contribution in [1.82, 2.24) is 9.71 Å². The lowest BCUT2D eigenvalue weighted by Crippen LogP contribution is -2.32. The van der Waals surface area contributed by atoms with Crippen LogP contribution in [-0.2, 0) is 21.2 Å². The normalized spacial score (nSPS) is 15.1. The fourth-order valence-corrected chi connectivity index (χ4v) is 6.11. The number of hydrogen-bond acceptors (Lipinski definition) is 7. The highest BCUT2D eigenvalue weighted by molar-refractivity contribution is 7.90. The second-order valence-electron chi connectivity index (χ2n) is 8.63. The zero-order valence-electron chi connectivity index (χ0n) is 19.3. The van der Waals surface area contributed by atoms with E-state index in [4.69, 9.17) is 9.84 Å². The number of nitriles is 1. The molecule has 182 valence electrons. The topological polar surface area (TPSA) is 129 Å². The predicted octanol–water partition coefficient (Wildman–Crippen LogP) is 4.17. The van der Waals surface area contributed by atoms with Gasteiger partial charge in [0.15, 0.2) is 5.75 Å².